The maximum absolute atomic E-state index is 12.6. The van der Waals surface area contributed by atoms with Gasteiger partial charge in [0.15, 0.2) is 5.13 Å². The highest BCUT2D eigenvalue weighted by atomic mass is 32.1. The van der Waals surface area contributed by atoms with Crippen molar-refractivity contribution < 1.29 is 19.0 Å². The number of carbonyl (C=O) groups excluding carboxylic acids is 1. The van der Waals surface area contributed by atoms with E-state index >= 15 is 0 Å². The normalized spacial score (nSPS) is 14.1. The summed E-state index contributed by atoms with van der Waals surface area (Å²) in [6.45, 7) is 3.69. The van der Waals surface area contributed by atoms with Crippen LogP contribution in [0.2, 0.25) is 0 Å². The summed E-state index contributed by atoms with van der Waals surface area (Å²) in [7, 11) is 4.90. The monoisotopic (exact) mass is 468 g/mol. The van der Waals surface area contributed by atoms with Crippen molar-refractivity contribution in [1.82, 2.24) is 9.88 Å². The Morgan fingerprint density at radius 3 is 2.48 bits per heavy atom. The van der Waals surface area contributed by atoms with Crippen molar-refractivity contribution >= 4 is 28.1 Å². The molecule has 0 radical (unpaired) electrons. The van der Waals surface area contributed by atoms with Crippen LogP contribution in [0.5, 0.6) is 17.2 Å². The van der Waals surface area contributed by atoms with E-state index in [0.717, 1.165) is 48.9 Å². The zero-order valence-corrected chi connectivity index (χ0v) is 19.9. The van der Waals surface area contributed by atoms with Crippen LogP contribution in [0.1, 0.15) is 0 Å². The predicted octanol–water partition coefficient (Wildman–Crippen LogP) is 3.60. The first-order chi connectivity index (χ1) is 16.1. The van der Waals surface area contributed by atoms with Gasteiger partial charge in [-0.2, -0.15) is 0 Å². The van der Waals surface area contributed by atoms with Gasteiger partial charge in [-0.1, -0.05) is 6.07 Å². The highest BCUT2D eigenvalue weighted by molar-refractivity contribution is 7.14. The van der Waals surface area contributed by atoms with E-state index in [9.17, 15) is 4.79 Å². The smallest absolute Gasteiger partial charge is 0.240 e. The number of aromatic nitrogens is 1. The number of hydrogen-bond acceptors (Lipinski definition) is 8. The fourth-order valence-corrected chi connectivity index (χ4v) is 4.52. The van der Waals surface area contributed by atoms with Gasteiger partial charge in [0.25, 0.3) is 0 Å². The van der Waals surface area contributed by atoms with Gasteiger partial charge < -0.3 is 24.4 Å². The maximum Gasteiger partial charge on any atom is 0.240 e. The Bertz CT molecular complexity index is 1100. The summed E-state index contributed by atoms with van der Waals surface area (Å²) in [6, 6.07) is 13.7. The summed E-state index contributed by atoms with van der Waals surface area (Å²) in [4.78, 5) is 21.7. The molecule has 1 saturated heterocycles. The van der Waals surface area contributed by atoms with Crippen molar-refractivity contribution in [3.63, 3.8) is 0 Å². The highest BCUT2D eigenvalue weighted by Crippen LogP contribution is 2.34. The first kappa shape index (κ1) is 22.9. The minimum absolute atomic E-state index is 0.0626. The molecule has 0 aliphatic carbocycles. The van der Waals surface area contributed by atoms with Gasteiger partial charge in [-0.25, -0.2) is 4.98 Å². The molecular weight excluding hydrogens is 440 g/mol. The van der Waals surface area contributed by atoms with Crippen LogP contribution in [0.15, 0.2) is 47.8 Å². The SMILES string of the molecule is COc1cccc(N2CCN(CC(=O)Nc3nc(-c4ccc(OC)cc4OC)cs3)CC2)c1. The summed E-state index contributed by atoms with van der Waals surface area (Å²) < 4.78 is 16.0. The summed E-state index contributed by atoms with van der Waals surface area (Å²) in [5, 5.41) is 5.41. The molecule has 33 heavy (non-hydrogen) atoms. The topological polar surface area (TPSA) is 76.2 Å². The second kappa shape index (κ2) is 10.5. The average Bonchev–Trinajstić information content (AvgIpc) is 3.32. The Kier molecular flexibility index (Phi) is 7.31. The zero-order chi connectivity index (χ0) is 23.2. The Balaban J connectivity index is 1.31. The molecule has 1 aliphatic rings. The van der Waals surface area contributed by atoms with E-state index in [2.05, 4.69) is 26.2 Å². The number of piperazine rings is 1. The molecule has 0 saturated carbocycles. The number of methoxy groups -OCH3 is 3. The van der Waals surface area contributed by atoms with Crippen LogP contribution in [0.3, 0.4) is 0 Å². The third-order valence-corrected chi connectivity index (χ3v) is 6.35. The van der Waals surface area contributed by atoms with Crippen molar-refractivity contribution in [2.45, 2.75) is 0 Å². The van der Waals surface area contributed by atoms with Crippen molar-refractivity contribution in [2.24, 2.45) is 0 Å². The largest absolute Gasteiger partial charge is 0.497 e. The molecule has 1 fully saturated rings. The standard InChI is InChI=1S/C24H28N4O4S/c1-30-18-6-4-5-17(13-18)28-11-9-27(10-12-28)15-23(29)26-24-25-21(16-33-24)20-8-7-19(31-2)14-22(20)32-3/h4-8,13-14,16H,9-12,15H2,1-3H3,(H,25,26,29). The number of carbonyl (C=O) groups is 1. The van der Waals surface area contributed by atoms with Crippen LogP contribution in [0.4, 0.5) is 10.8 Å². The minimum Gasteiger partial charge on any atom is -0.497 e. The Hall–Kier alpha value is -3.30. The minimum atomic E-state index is -0.0626. The van der Waals surface area contributed by atoms with Crippen molar-refractivity contribution in [1.29, 1.82) is 0 Å². The van der Waals surface area contributed by atoms with E-state index in [4.69, 9.17) is 14.2 Å². The first-order valence-electron chi connectivity index (χ1n) is 10.7. The average molecular weight is 469 g/mol. The quantitative estimate of drug-likeness (QED) is 0.541. The summed E-state index contributed by atoms with van der Waals surface area (Å²) in [5.41, 5.74) is 2.74. The van der Waals surface area contributed by atoms with Crippen LogP contribution in [-0.2, 0) is 4.79 Å². The molecule has 2 heterocycles. The molecule has 0 unspecified atom stereocenters. The zero-order valence-electron chi connectivity index (χ0n) is 19.0. The fourth-order valence-electron chi connectivity index (χ4n) is 3.80. The molecule has 1 N–H and O–H groups in total. The maximum atomic E-state index is 12.6. The Labute approximate surface area is 197 Å². The lowest BCUT2D eigenvalue weighted by Gasteiger charge is -2.35. The van der Waals surface area contributed by atoms with Crippen LogP contribution in [0, 0.1) is 0 Å². The van der Waals surface area contributed by atoms with Crippen LogP contribution < -0.4 is 24.4 Å². The fraction of sp³-hybridized carbons (Fsp3) is 0.333. The third kappa shape index (κ3) is 5.55. The van der Waals surface area contributed by atoms with Crippen LogP contribution in [0.25, 0.3) is 11.3 Å². The molecule has 4 rings (SSSR count). The number of anilines is 2. The Morgan fingerprint density at radius 1 is 1.00 bits per heavy atom. The number of nitrogens with one attached hydrogen (secondary N) is 1. The molecule has 1 amide bonds. The number of rotatable bonds is 8. The molecule has 0 atom stereocenters. The molecule has 2 aromatic carbocycles. The molecular formula is C24H28N4O4S. The molecule has 8 nitrogen and oxygen atoms in total. The number of nitrogens with zero attached hydrogens (tertiary/aromatic N) is 3. The van der Waals surface area contributed by atoms with E-state index in [1.807, 2.05) is 41.8 Å². The van der Waals surface area contributed by atoms with Gasteiger partial charge in [0, 0.05) is 54.9 Å². The molecule has 174 valence electrons. The van der Waals surface area contributed by atoms with Crippen molar-refractivity contribution in [3.05, 3.63) is 47.8 Å². The summed E-state index contributed by atoms with van der Waals surface area (Å²) >= 11 is 1.40. The number of thiazole rings is 1. The van der Waals surface area contributed by atoms with Gasteiger partial charge in [-0.05, 0) is 24.3 Å². The van der Waals surface area contributed by atoms with Gasteiger partial charge in [0.05, 0.1) is 33.6 Å². The second-order valence-electron chi connectivity index (χ2n) is 7.62. The van der Waals surface area contributed by atoms with E-state index in [1.54, 1.807) is 21.3 Å². The van der Waals surface area contributed by atoms with Gasteiger partial charge in [0.1, 0.15) is 17.2 Å². The molecule has 1 aromatic heterocycles. The molecule has 9 heteroatoms. The lowest BCUT2D eigenvalue weighted by molar-refractivity contribution is -0.117. The Morgan fingerprint density at radius 2 is 1.76 bits per heavy atom. The summed E-state index contributed by atoms with van der Waals surface area (Å²) in [6.07, 6.45) is 0. The lowest BCUT2D eigenvalue weighted by Crippen LogP contribution is -2.48. The van der Waals surface area contributed by atoms with Gasteiger partial charge in [-0.3, -0.25) is 9.69 Å². The second-order valence-corrected chi connectivity index (χ2v) is 8.48. The molecule has 0 spiro atoms. The van der Waals surface area contributed by atoms with E-state index < -0.39 is 0 Å². The molecule has 3 aromatic rings. The number of hydrogen-bond donors (Lipinski definition) is 1. The van der Waals surface area contributed by atoms with E-state index in [-0.39, 0.29) is 5.91 Å². The summed E-state index contributed by atoms with van der Waals surface area (Å²) in [5.74, 6) is 2.18. The van der Waals surface area contributed by atoms with Gasteiger partial charge >= 0.3 is 0 Å². The van der Waals surface area contributed by atoms with Crippen molar-refractivity contribution in [2.75, 3.05) is 64.3 Å². The number of ether oxygens (including phenoxy) is 3. The van der Waals surface area contributed by atoms with Gasteiger partial charge in [0.2, 0.25) is 5.91 Å². The van der Waals surface area contributed by atoms with E-state index in [0.29, 0.717) is 23.2 Å². The number of benzene rings is 2. The molecule has 1 aliphatic heterocycles. The first-order valence-corrected chi connectivity index (χ1v) is 11.6. The van der Waals surface area contributed by atoms with Crippen LogP contribution >= 0.6 is 11.3 Å². The van der Waals surface area contributed by atoms with Gasteiger partial charge in [-0.15, -0.1) is 11.3 Å². The molecule has 0 bridgehead atoms. The van der Waals surface area contributed by atoms with Crippen LogP contribution in [-0.4, -0.2) is 69.8 Å². The predicted molar refractivity (Wildman–Crippen MR) is 131 cm³/mol. The number of amides is 1. The van der Waals surface area contributed by atoms with Crippen molar-refractivity contribution in [3.8, 4) is 28.5 Å². The van der Waals surface area contributed by atoms with E-state index in [1.165, 1.54) is 11.3 Å². The highest BCUT2D eigenvalue weighted by Gasteiger charge is 2.20. The lowest BCUT2D eigenvalue weighted by atomic mass is 10.1. The third-order valence-electron chi connectivity index (χ3n) is 5.59.